The number of aromatic nitrogens is 1. The van der Waals surface area contributed by atoms with Crippen LogP contribution in [0.1, 0.15) is 44.8 Å². The van der Waals surface area contributed by atoms with Gasteiger partial charge in [0.15, 0.2) is 0 Å². The number of hydrogen-bond donors (Lipinski definition) is 3. The second kappa shape index (κ2) is 5.77. The lowest BCUT2D eigenvalue weighted by Gasteiger charge is -2.24. The Morgan fingerprint density at radius 2 is 2.08 bits per heavy atom. The van der Waals surface area contributed by atoms with Crippen molar-refractivity contribution >= 4 is 5.91 Å². The first-order valence-corrected chi connectivity index (χ1v) is 8.83. The smallest absolute Gasteiger partial charge is 0.240 e. The van der Waals surface area contributed by atoms with E-state index in [1.807, 2.05) is 19.9 Å². The minimum Gasteiger partial charge on any atom is -0.508 e. The number of phenolic OH excluding ortho intramolecular Hbond substituents is 1. The fourth-order valence-corrected chi connectivity index (χ4v) is 4.26. The van der Waals surface area contributed by atoms with Crippen molar-refractivity contribution in [3.05, 3.63) is 48.0 Å². The summed E-state index contributed by atoms with van der Waals surface area (Å²) in [5.41, 5.74) is 0.990. The van der Waals surface area contributed by atoms with E-state index < -0.39 is 11.4 Å². The normalized spacial score (nSPS) is 27.0. The number of nitrogens with zero attached hydrogens (tertiary/aromatic N) is 1. The molecule has 1 aromatic carbocycles. The highest BCUT2D eigenvalue weighted by atomic mass is 19.1. The lowest BCUT2D eigenvalue weighted by atomic mass is 9.88. The largest absolute Gasteiger partial charge is 0.508 e. The fraction of sp³-hybridized carbons (Fsp3) is 0.400. The number of pyridine rings is 1. The van der Waals surface area contributed by atoms with Gasteiger partial charge in [-0.25, -0.2) is 4.39 Å². The van der Waals surface area contributed by atoms with Gasteiger partial charge in [0.05, 0.1) is 11.7 Å². The first kappa shape index (κ1) is 17.0. The highest BCUT2D eigenvalue weighted by molar-refractivity contribution is 5.90. The van der Waals surface area contributed by atoms with Gasteiger partial charge in [0, 0.05) is 17.3 Å². The minimum atomic E-state index is -0.553. The number of carbonyl (C=O) groups excluding carboxylic acids is 1. The Morgan fingerprint density at radius 3 is 2.81 bits per heavy atom. The summed E-state index contributed by atoms with van der Waals surface area (Å²) >= 11 is 0. The molecule has 2 saturated heterocycles. The highest BCUT2D eigenvalue weighted by Gasteiger charge is 2.54. The molecule has 1 amide bonds. The zero-order chi connectivity index (χ0) is 18.5. The number of benzene rings is 1. The van der Waals surface area contributed by atoms with Gasteiger partial charge in [0.25, 0.3) is 0 Å². The van der Waals surface area contributed by atoms with Crippen molar-refractivity contribution in [1.82, 2.24) is 15.6 Å². The van der Waals surface area contributed by atoms with Crippen molar-refractivity contribution in [2.24, 2.45) is 0 Å². The number of phenols is 1. The summed E-state index contributed by atoms with van der Waals surface area (Å²) < 4.78 is 14.1. The quantitative estimate of drug-likeness (QED) is 0.774. The van der Waals surface area contributed by atoms with Gasteiger partial charge in [0.2, 0.25) is 5.91 Å². The van der Waals surface area contributed by atoms with Crippen LogP contribution in [0.2, 0.25) is 0 Å². The zero-order valence-electron chi connectivity index (χ0n) is 14.8. The van der Waals surface area contributed by atoms with E-state index in [9.17, 15) is 14.3 Å². The average Bonchev–Trinajstić information content (AvgIpc) is 3.10. The molecule has 1 aromatic heterocycles. The second-order valence-electron chi connectivity index (χ2n) is 7.97. The molecule has 0 saturated carbocycles. The van der Waals surface area contributed by atoms with Gasteiger partial charge in [-0.2, -0.15) is 0 Å². The molecule has 136 valence electrons. The van der Waals surface area contributed by atoms with Crippen molar-refractivity contribution in [1.29, 1.82) is 0 Å². The molecule has 3 N–H and O–H groups in total. The number of aromatic hydroxyl groups is 1. The second-order valence-corrected chi connectivity index (χ2v) is 7.97. The van der Waals surface area contributed by atoms with E-state index in [0.717, 1.165) is 25.0 Å². The van der Waals surface area contributed by atoms with Crippen LogP contribution in [0.4, 0.5) is 4.39 Å². The average molecular weight is 355 g/mol. The molecule has 0 aliphatic carbocycles. The van der Waals surface area contributed by atoms with Crippen molar-refractivity contribution < 1.29 is 14.3 Å². The standard InChI is InChI=1S/C20H22FN3O2/c1-19(2)11-20(18(26)24-19)7-5-16(23-20)17-9-12(6-8-22-17)14-10-13(25)3-4-15(14)21/h3-4,6,8-10,16,23,25H,5,7,11H2,1-2H3,(H,24,26)/t16-,20-/m1/s1. The Balaban J connectivity index is 1.62. The molecule has 0 unspecified atom stereocenters. The van der Waals surface area contributed by atoms with E-state index in [-0.39, 0.29) is 23.2 Å². The molecule has 2 aliphatic rings. The summed E-state index contributed by atoms with van der Waals surface area (Å²) in [5, 5.41) is 16.2. The van der Waals surface area contributed by atoms with Crippen LogP contribution in [0.3, 0.4) is 0 Å². The molecule has 0 radical (unpaired) electrons. The molecule has 5 nitrogen and oxygen atoms in total. The van der Waals surface area contributed by atoms with Crippen molar-refractivity contribution in [3.63, 3.8) is 0 Å². The Hall–Kier alpha value is -2.47. The first-order valence-electron chi connectivity index (χ1n) is 8.83. The van der Waals surface area contributed by atoms with Gasteiger partial charge in [-0.05, 0) is 69.0 Å². The van der Waals surface area contributed by atoms with Gasteiger partial charge in [-0.1, -0.05) is 0 Å². The van der Waals surface area contributed by atoms with E-state index in [1.54, 1.807) is 12.3 Å². The van der Waals surface area contributed by atoms with E-state index in [4.69, 9.17) is 0 Å². The highest BCUT2D eigenvalue weighted by Crippen LogP contribution is 2.41. The predicted molar refractivity (Wildman–Crippen MR) is 96.0 cm³/mol. The zero-order valence-corrected chi connectivity index (χ0v) is 14.8. The molecular weight excluding hydrogens is 333 g/mol. The SMILES string of the molecule is CC1(C)C[C@]2(CC[C@H](c3cc(-c4cc(O)ccc4F)ccn3)N2)C(=O)N1. The maximum absolute atomic E-state index is 14.1. The van der Waals surface area contributed by atoms with Gasteiger partial charge >= 0.3 is 0 Å². The van der Waals surface area contributed by atoms with Crippen molar-refractivity contribution in [2.45, 2.75) is 50.2 Å². The molecule has 3 heterocycles. The van der Waals surface area contributed by atoms with Crippen LogP contribution >= 0.6 is 0 Å². The number of nitrogens with one attached hydrogen (secondary N) is 2. The Bertz CT molecular complexity index is 883. The first-order chi connectivity index (χ1) is 12.3. The summed E-state index contributed by atoms with van der Waals surface area (Å²) in [6.45, 7) is 4.05. The Labute approximate surface area is 151 Å². The van der Waals surface area contributed by atoms with E-state index in [2.05, 4.69) is 15.6 Å². The van der Waals surface area contributed by atoms with Crippen LogP contribution in [0.15, 0.2) is 36.5 Å². The number of amides is 1. The third-order valence-electron chi connectivity index (χ3n) is 5.34. The van der Waals surface area contributed by atoms with Gasteiger partial charge in [-0.15, -0.1) is 0 Å². The number of halogens is 1. The number of rotatable bonds is 2. The third kappa shape index (κ3) is 2.84. The molecule has 2 atom stereocenters. The number of carbonyl (C=O) groups is 1. The summed E-state index contributed by atoms with van der Waals surface area (Å²) in [4.78, 5) is 16.9. The molecule has 1 spiro atoms. The van der Waals surface area contributed by atoms with E-state index in [0.29, 0.717) is 11.1 Å². The lowest BCUT2D eigenvalue weighted by Crippen LogP contribution is -2.47. The van der Waals surface area contributed by atoms with Crippen LogP contribution in [0.25, 0.3) is 11.1 Å². The maximum Gasteiger partial charge on any atom is 0.240 e. The van der Waals surface area contributed by atoms with E-state index in [1.165, 1.54) is 18.2 Å². The summed E-state index contributed by atoms with van der Waals surface area (Å²) in [6.07, 6.45) is 3.91. The van der Waals surface area contributed by atoms with Crippen molar-refractivity contribution in [2.75, 3.05) is 0 Å². The molecule has 2 aliphatic heterocycles. The predicted octanol–water partition coefficient (Wildman–Crippen LogP) is 3.06. The fourth-order valence-electron chi connectivity index (χ4n) is 4.26. The third-order valence-corrected chi connectivity index (χ3v) is 5.34. The molecule has 26 heavy (non-hydrogen) atoms. The van der Waals surface area contributed by atoms with E-state index >= 15 is 0 Å². The topological polar surface area (TPSA) is 74.2 Å². The Kier molecular flexibility index (Phi) is 3.77. The van der Waals surface area contributed by atoms with Crippen LogP contribution in [0.5, 0.6) is 5.75 Å². The molecule has 6 heteroatoms. The van der Waals surface area contributed by atoms with Crippen LogP contribution in [0, 0.1) is 5.82 Å². The monoisotopic (exact) mass is 355 g/mol. The maximum atomic E-state index is 14.1. The van der Waals surface area contributed by atoms with Crippen molar-refractivity contribution in [3.8, 4) is 16.9 Å². The molecular formula is C20H22FN3O2. The molecule has 0 bridgehead atoms. The van der Waals surface area contributed by atoms with Crippen LogP contribution in [-0.2, 0) is 4.79 Å². The number of hydrogen-bond acceptors (Lipinski definition) is 4. The minimum absolute atomic E-state index is 0.0163. The van der Waals surface area contributed by atoms with Gasteiger partial charge in [0.1, 0.15) is 17.1 Å². The summed E-state index contributed by atoms with van der Waals surface area (Å²) in [5.74, 6) is -0.338. The molecule has 2 aromatic rings. The summed E-state index contributed by atoms with van der Waals surface area (Å²) in [6, 6.07) is 7.46. The molecule has 4 rings (SSSR count). The van der Waals surface area contributed by atoms with Gasteiger partial charge < -0.3 is 10.4 Å². The van der Waals surface area contributed by atoms with Crippen LogP contribution < -0.4 is 10.6 Å². The molecule has 2 fully saturated rings. The van der Waals surface area contributed by atoms with Crippen LogP contribution in [-0.4, -0.2) is 27.1 Å². The van der Waals surface area contributed by atoms with Gasteiger partial charge in [-0.3, -0.25) is 15.1 Å². The Morgan fingerprint density at radius 1 is 1.27 bits per heavy atom. The summed E-state index contributed by atoms with van der Waals surface area (Å²) in [7, 11) is 0. The lowest BCUT2D eigenvalue weighted by molar-refractivity contribution is -0.124.